The zero-order valence-electron chi connectivity index (χ0n) is 19.7. The Kier molecular flexibility index (Phi) is 7.85. The van der Waals surface area contributed by atoms with Crippen LogP contribution in [0, 0.1) is 5.82 Å². The first-order valence-corrected chi connectivity index (χ1v) is 14.7. The van der Waals surface area contributed by atoms with Crippen LogP contribution in [0.25, 0.3) is 11.1 Å². The monoisotopic (exact) mass is 525 g/mol. The normalized spacial score (nSPS) is 12.2. The number of nitrogens with zero attached hydrogens (tertiary/aromatic N) is 2. The number of furan rings is 1. The summed E-state index contributed by atoms with van der Waals surface area (Å²) in [4.78, 5) is 16.7. The summed E-state index contributed by atoms with van der Waals surface area (Å²) in [6.07, 6.45) is 1.64. The van der Waals surface area contributed by atoms with E-state index in [1.807, 2.05) is 0 Å². The molecular formula is C23H28FN3O6S2. The SMILES string of the molecule is CCc1cc2c(C(N)=O)c(Cc3ccc(F)cc3)oc2nc1N(CCCS(=O)(=O)CC)S(C)(=O)=O. The largest absolute Gasteiger partial charge is 0.441 e. The molecule has 1 aromatic carbocycles. The number of hydrogen-bond acceptors (Lipinski definition) is 7. The van der Waals surface area contributed by atoms with Crippen LogP contribution in [0.1, 0.15) is 47.5 Å². The molecule has 2 heterocycles. The van der Waals surface area contributed by atoms with E-state index in [4.69, 9.17) is 10.2 Å². The van der Waals surface area contributed by atoms with E-state index in [9.17, 15) is 26.0 Å². The maximum atomic E-state index is 13.3. The summed E-state index contributed by atoms with van der Waals surface area (Å²) in [6.45, 7) is 3.25. The third-order valence-electron chi connectivity index (χ3n) is 5.61. The molecule has 0 saturated heterocycles. The molecular weight excluding hydrogens is 497 g/mol. The van der Waals surface area contributed by atoms with Crippen LogP contribution in [0.15, 0.2) is 34.7 Å². The Morgan fingerprint density at radius 1 is 1.14 bits per heavy atom. The van der Waals surface area contributed by atoms with Crippen molar-refractivity contribution in [1.29, 1.82) is 0 Å². The van der Waals surface area contributed by atoms with E-state index in [0.29, 0.717) is 22.9 Å². The Morgan fingerprint density at radius 2 is 1.80 bits per heavy atom. The number of anilines is 1. The van der Waals surface area contributed by atoms with Gasteiger partial charge in [-0.25, -0.2) is 21.2 Å². The highest BCUT2D eigenvalue weighted by Crippen LogP contribution is 2.32. The highest BCUT2D eigenvalue weighted by Gasteiger charge is 2.27. The number of hydrogen-bond donors (Lipinski definition) is 1. The predicted molar refractivity (Wildman–Crippen MR) is 132 cm³/mol. The molecule has 2 N–H and O–H groups in total. The summed E-state index contributed by atoms with van der Waals surface area (Å²) in [7, 11) is -7.08. The number of carbonyl (C=O) groups excluding carboxylic acids is 1. The van der Waals surface area contributed by atoms with Crippen molar-refractivity contribution < 1.29 is 30.4 Å². The molecule has 9 nitrogen and oxygen atoms in total. The Labute approximate surface area is 204 Å². The van der Waals surface area contributed by atoms with Gasteiger partial charge in [0.1, 0.15) is 27.2 Å². The number of aryl methyl sites for hydroxylation is 1. The lowest BCUT2D eigenvalue weighted by Crippen LogP contribution is -2.33. The summed E-state index contributed by atoms with van der Waals surface area (Å²) in [6, 6.07) is 7.31. The molecule has 0 fully saturated rings. The van der Waals surface area contributed by atoms with Crippen LogP contribution in [-0.2, 0) is 32.7 Å². The fourth-order valence-corrected chi connectivity index (χ4v) is 5.55. The molecule has 0 spiro atoms. The number of sulfonamides is 1. The minimum atomic E-state index is -3.81. The number of carbonyl (C=O) groups is 1. The lowest BCUT2D eigenvalue weighted by atomic mass is 10.0. The van der Waals surface area contributed by atoms with Crippen molar-refractivity contribution in [3.63, 3.8) is 0 Å². The van der Waals surface area contributed by atoms with Gasteiger partial charge in [-0.2, -0.15) is 4.98 Å². The number of sulfone groups is 1. The predicted octanol–water partition coefficient (Wildman–Crippen LogP) is 2.81. The number of rotatable bonds is 11. The first-order chi connectivity index (χ1) is 16.4. The van der Waals surface area contributed by atoms with E-state index in [2.05, 4.69) is 4.98 Å². The zero-order chi connectivity index (χ0) is 26.0. The van der Waals surface area contributed by atoms with Crippen LogP contribution < -0.4 is 10.0 Å². The smallest absolute Gasteiger partial charge is 0.252 e. The minimum Gasteiger partial charge on any atom is -0.441 e. The molecule has 0 aliphatic heterocycles. The van der Waals surface area contributed by atoms with E-state index in [1.165, 1.54) is 19.1 Å². The number of aromatic nitrogens is 1. The Hall–Kier alpha value is -2.99. The van der Waals surface area contributed by atoms with Crippen LogP contribution >= 0.6 is 0 Å². The van der Waals surface area contributed by atoms with E-state index in [-0.39, 0.29) is 53.7 Å². The minimum absolute atomic E-state index is 0.0259. The van der Waals surface area contributed by atoms with Crippen molar-refractivity contribution in [2.24, 2.45) is 5.73 Å². The second-order valence-electron chi connectivity index (χ2n) is 8.17. The van der Waals surface area contributed by atoms with Gasteiger partial charge in [-0.3, -0.25) is 9.10 Å². The molecule has 0 bridgehead atoms. The van der Waals surface area contributed by atoms with Gasteiger partial charge < -0.3 is 10.2 Å². The maximum Gasteiger partial charge on any atom is 0.252 e. The average Bonchev–Trinajstić information content (AvgIpc) is 3.13. The lowest BCUT2D eigenvalue weighted by molar-refractivity contribution is 0.1000. The summed E-state index contributed by atoms with van der Waals surface area (Å²) in [5, 5.41) is 0.345. The molecule has 0 unspecified atom stereocenters. The Balaban J connectivity index is 2.09. The molecule has 0 radical (unpaired) electrons. The molecule has 0 aliphatic carbocycles. The quantitative estimate of drug-likeness (QED) is 0.406. The van der Waals surface area contributed by atoms with Crippen molar-refractivity contribution in [1.82, 2.24) is 4.98 Å². The van der Waals surface area contributed by atoms with E-state index in [1.54, 1.807) is 25.1 Å². The van der Waals surface area contributed by atoms with Gasteiger partial charge in [0.25, 0.3) is 5.91 Å². The second-order valence-corrected chi connectivity index (χ2v) is 12.5. The molecule has 35 heavy (non-hydrogen) atoms. The fourth-order valence-electron chi connectivity index (χ4n) is 3.76. The van der Waals surface area contributed by atoms with Crippen LogP contribution in [0.3, 0.4) is 0 Å². The summed E-state index contributed by atoms with van der Waals surface area (Å²) in [5.74, 6) is -0.995. The van der Waals surface area contributed by atoms with Gasteiger partial charge in [0.2, 0.25) is 15.7 Å². The van der Waals surface area contributed by atoms with Gasteiger partial charge in [-0.15, -0.1) is 0 Å². The second kappa shape index (κ2) is 10.3. The first-order valence-electron chi connectivity index (χ1n) is 11.0. The van der Waals surface area contributed by atoms with Crippen molar-refractivity contribution >= 4 is 42.7 Å². The fraction of sp³-hybridized carbons (Fsp3) is 0.391. The third-order valence-corrected chi connectivity index (χ3v) is 8.56. The summed E-state index contributed by atoms with van der Waals surface area (Å²) in [5.41, 5.74) is 6.99. The lowest BCUT2D eigenvalue weighted by Gasteiger charge is -2.23. The standard InChI is InChI=1S/C23H28FN3O6S2/c1-4-16-14-18-20(21(25)28)19(13-15-7-9-17(24)10-8-15)33-23(18)26-22(16)27(34(3,29)30)11-6-12-35(31,32)5-2/h7-10,14H,4-6,11-13H2,1-3H3,(H2,25,28). The van der Waals surface area contributed by atoms with E-state index < -0.39 is 31.6 Å². The Morgan fingerprint density at radius 3 is 2.34 bits per heavy atom. The van der Waals surface area contributed by atoms with Gasteiger partial charge in [-0.05, 0) is 42.2 Å². The number of benzene rings is 1. The van der Waals surface area contributed by atoms with Crippen LogP contribution in [0.5, 0.6) is 0 Å². The summed E-state index contributed by atoms with van der Waals surface area (Å²) >= 11 is 0. The van der Waals surface area contributed by atoms with Gasteiger partial charge in [0.05, 0.1) is 23.0 Å². The van der Waals surface area contributed by atoms with E-state index >= 15 is 0 Å². The number of amides is 1. The molecule has 3 rings (SSSR count). The van der Waals surface area contributed by atoms with Gasteiger partial charge in [-0.1, -0.05) is 26.0 Å². The van der Waals surface area contributed by atoms with Gasteiger partial charge in [0.15, 0.2) is 0 Å². The van der Waals surface area contributed by atoms with Crippen molar-refractivity contribution in [3.8, 4) is 0 Å². The topological polar surface area (TPSA) is 141 Å². The highest BCUT2D eigenvalue weighted by molar-refractivity contribution is 7.92. The molecule has 0 aliphatic rings. The number of nitrogens with two attached hydrogens (primary N) is 1. The molecule has 1 amide bonds. The van der Waals surface area contributed by atoms with Gasteiger partial charge in [0, 0.05) is 18.7 Å². The molecule has 3 aromatic rings. The average molecular weight is 526 g/mol. The number of pyridine rings is 1. The van der Waals surface area contributed by atoms with Crippen LogP contribution in [0.4, 0.5) is 10.2 Å². The van der Waals surface area contributed by atoms with E-state index in [0.717, 1.165) is 10.6 Å². The molecule has 2 aromatic heterocycles. The zero-order valence-corrected chi connectivity index (χ0v) is 21.4. The van der Waals surface area contributed by atoms with Gasteiger partial charge >= 0.3 is 0 Å². The molecule has 0 atom stereocenters. The van der Waals surface area contributed by atoms with Crippen molar-refractivity contribution in [2.75, 3.05) is 28.6 Å². The molecule has 12 heteroatoms. The Bertz CT molecular complexity index is 1450. The molecule has 0 saturated carbocycles. The number of primary amides is 1. The first kappa shape index (κ1) is 26.6. The van der Waals surface area contributed by atoms with Crippen LogP contribution in [-0.4, -0.2) is 52.0 Å². The maximum absolute atomic E-state index is 13.3. The number of fused-ring (bicyclic) bond motifs is 1. The summed E-state index contributed by atoms with van der Waals surface area (Å²) < 4.78 is 69.2. The third kappa shape index (κ3) is 6.17. The highest BCUT2D eigenvalue weighted by atomic mass is 32.2. The number of halogens is 1. The van der Waals surface area contributed by atoms with Crippen LogP contribution in [0.2, 0.25) is 0 Å². The van der Waals surface area contributed by atoms with Crippen molar-refractivity contribution in [2.45, 2.75) is 33.1 Å². The van der Waals surface area contributed by atoms with Crippen molar-refractivity contribution in [3.05, 3.63) is 58.6 Å². The molecule has 190 valence electrons.